The van der Waals surface area contributed by atoms with Crippen molar-refractivity contribution in [2.75, 3.05) is 18.9 Å². The number of pyridine rings is 1. The number of likely N-dealkylation sites (N-methyl/N-ethyl adjacent to an activating group) is 1. The lowest BCUT2D eigenvalue weighted by Gasteiger charge is -2.36. The molecule has 14 heteroatoms. The number of thiazole rings is 1. The number of carbonyl (C=O) groups is 2. The van der Waals surface area contributed by atoms with Crippen molar-refractivity contribution >= 4 is 57.8 Å². The number of anilines is 1. The van der Waals surface area contributed by atoms with Gasteiger partial charge in [-0.25, -0.2) is 9.97 Å². The molecule has 3 atom stereocenters. The van der Waals surface area contributed by atoms with E-state index >= 15 is 0 Å². The Labute approximate surface area is 233 Å². The Bertz CT molecular complexity index is 1340. The van der Waals surface area contributed by atoms with Crippen LogP contribution in [0, 0.1) is 6.92 Å². The quantitative estimate of drug-likeness (QED) is 0.390. The molecule has 11 nitrogen and oxygen atoms in total. The van der Waals surface area contributed by atoms with Crippen molar-refractivity contribution in [1.29, 1.82) is 0 Å². The van der Waals surface area contributed by atoms with E-state index in [0.717, 1.165) is 36.5 Å². The van der Waals surface area contributed by atoms with Crippen molar-refractivity contribution in [3.8, 4) is 0 Å². The van der Waals surface area contributed by atoms with Crippen LogP contribution < -0.4 is 16.0 Å². The van der Waals surface area contributed by atoms with Gasteiger partial charge in [-0.1, -0.05) is 29.0 Å². The average Bonchev–Trinajstić information content (AvgIpc) is 3.52. The maximum Gasteiger partial charge on any atom is 0.284 e. The Morgan fingerprint density at radius 2 is 2.05 bits per heavy atom. The second-order valence-corrected chi connectivity index (χ2v) is 11.5. The Morgan fingerprint density at radius 1 is 1.21 bits per heavy atom. The van der Waals surface area contributed by atoms with Gasteiger partial charge in [0.25, 0.3) is 11.8 Å². The molecule has 0 saturated heterocycles. The Hall–Kier alpha value is -3.00. The van der Waals surface area contributed by atoms with E-state index in [9.17, 15) is 9.59 Å². The number of nitrogens with zero attached hydrogens (tertiary/aromatic N) is 5. The van der Waals surface area contributed by atoms with Gasteiger partial charge in [0.1, 0.15) is 5.82 Å². The van der Waals surface area contributed by atoms with Gasteiger partial charge in [0, 0.05) is 49.5 Å². The van der Waals surface area contributed by atoms with Gasteiger partial charge in [-0.2, -0.15) is 4.98 Å². The molecule has 3 aromatic heterocycles. The molecule has 0 aromatic carbocycles. The maximum absolute atomic E-state index is 13.3. The topological polar surface area (TPSA) is 138 Å². The fraction of sp³-hybridized carbons (Fsp3) is 0.458. The van der Waals surface area contributed by atoms with E-state index < -0.39 is 5.91 Å². The van der Waals surface area contributed by atoms with Crippen LogP contribution in [-0.4, -0.2) is 67.5 Å². The van der Waals surface area contributed by atoms with Crippen LogP contribution in [-0.2, 0) is 17.8 Å². The summed E-state index contributed by atoms with van der Waals surface area (Å²) in [5.74, 6) is 0.703. The largest absolute Gasteiger partial charge is 0.367 e. The second kappa shape index (κ2) is 11.4. The first-order valence-corrected chi connectivity index (χ1v) is 13.9. The molecule has 1 fully saturated rings. The molecule has 4 heterocycles. The van der Waals surface area contributed by atoms with Crippen LogP contribution in [0.25, 0.3) is 0 Å². The number of carbonyl (C=O) groups excluding carboxylic acids is 2. The third kappa shape index (κ3) is 6.17. The summed E-state index contributed by atoms with van der Waals surface area (Å²) < 4.78 is 5.18. The van der Waals surface area contributed by atoms with E-state index in [1.807, 2.05) is 0 Å². The molecule has 1 aliphatic heterocycles. The van der Waals surface area contributed by atoms with Crippen molar-refractivity contribution in [3.05, 3.63) is 50.6 Å². The van der Waals surface area contributed by atoms with E-state index in [1.54, 1.807) is 19.1 Å². The highest BCUT2D eigenvalue weighted by Gasteiger charge is 2.36. The van der Waals surface area contributed by atoms with Gasteiger partial charge in [0.05, 0.1) is 16.8 Å². The predicted molar refractivity (Wildman–Crippen MR) is 146 cm³/mol. The van der Waals surface area contributed by atoms with Crippen LogP contribution in [0.15, 0.2) is 22.9 Å². The summed E-state index contributed by atoms with van der Waals surface area (Å²) >= 11 is 12.7. The second-order valence-electron chi connectivity index (χ2n) is 9.53. The minimum Gasteiger partial charge on any atom is -0.367 e. The first kappa shape index (κ1) is 26.6. The van der Waals surface area contributed by atoms with Crippen LogP contribution in [0.2, 0.25) is 5.02 Å². The summed E-state index contributed by atoms with van der Waals surface area (Å²) in [7, 11) is 2.06. The Balaban J connectivity index is 1.29. The van der Waals surface area contributed by atoms with Crippen LogP contribution in [0.1, 0.15) is 57.3 Å². The zero-order valence-corrected chi connectivity index (χ0v) is 23.3. The molecule has 200 valence electrons. The van der Waals surface area contributed by atoms with Gasteiger partial charge in [-0.15, -0.1) is 11.3 Å². The fourth-order valence-electron chi connectivity index (χ4n) is 4.73. The van der Waals surface area contributed by atoms with Gasteiger partial charge in [0.15, 0.2) is 15.8 Å². The number of amides is 2. The van der Waals surface area contributed by atoms with E-state index in [1.165, 1.54) is 17.5 Å². The van der Waals surface area contributed by atoms with Crippen molar-refractivity contribution in [2.24, 2.45) is 0 Å². The lowest BCUT2D eigenvalue weighted by Crippen LogP contribution is -2.55. The van der Waals surface area contributed by atoms with Crippen LogP contribution in [0.5, 0.6) is 0 Å². The molecular weight excluding hydrogens is 548 g/mol. The van der Waals surface area contributed by atoms with E-state index in [-0.39, 0.29) is 28.9 Å². The number of hydrogen-bond acceptors (Lipinski definition) is 10. The third-order valence-electron chi connectivity index (χ3n) is 6.68. The fourth-order valence-corrected chi connectivity index (χ4v) is 6.13. The summed E-state index contributed by atoms with van der Waals surface area (Å²) in [5.41, 5.74) is 0.991. The summed E-state index contributed by atoms with van der Waals surface area (Å²) in [6, 6.07) is 2.60. The van der Waals surface area contributed by atoms with Crippen LogP contribution in [0.3, 0.4) is 0 Å². The molecule has 0 spiro atoms. The Kier molecular flexibility index (Phi) is 7.98. The first-order chi connectivity index (χ1) is 18.2. The molecule has 2 amide bonds. The zero-order chi connectivity index (χ0) is 26.8. The number of rotatable bonds is 5. The number of aromatic nitrogens is 4. The summed E-state index contributed by atoms with van der Waals surface area (Å²) in [6.45, 7) is 3.46. The standard InChI is InChI=1S/C24H27ClN8O3S2/c1-12-27-20(32-36-12)13-3-5-15(29-23(37)21(34)31-19-6-4-14(25)10-26-19)17(9-13)28-22(35)24-30-16-7-8-33(2)11-18(16)38-24/h4,6,10,13,15,17H,3,5,7-9,11H2,1-2H3,(H,28,35)(H,29,37)(H,26,31,34)/t13-,15-,17+/m0/s1. The third-order valence-corrected chi connectivity index (χ3v) is 8.29. The number of hydrogen-bond donors (Lipinski definition) is 3. The van der Waals surface area contributed by atoms with Gasteiger partial charge in [0.2, 0.25) is 5.89 Å². The van der Waals surface area contributed by atoms with Crippen LogP contribution in [0.4, 0.5) is 5.82 Å². The monoisotopic (exact) mass is 574 g/mol. The van der Waals surface area contributed by atoms with Crippen molar-refractivity contribution in [1.82, 2.24) is 35.6 Å². The molecule has 0 bridgehead atoms. The number of aryl methyl sites for hydroxylation is 1. The van der Waals surface area contributed by atoms with Crippen molar-refractivity contribution < 1.29 is 14.1 Å². The molecule has 1 saturated carbocycles. The highest BCUT2D eigenvalue weighted by molar-refractivity contribution is 7.82. The average molecular weight is 575 g/mol. The molecule has 5 rings (SSSR count). The molecule has 0 unspecified atom stereocenters. The van der Waals surface area contributed by atoms with Gasteiger partial charge >= 0.3 is 0 Å². The lowest BCUT2D eigenvalue weighted by atomic mass is 9.81. The molecule has 0 radical (unpaired) electrons. The van der Waals surface area contributed by atoms with Crippen molar-refractivity contribution in [3.63, 3.8) is 0 Å². The van der Waals surface area contributed by atoms with Gasteiger partial charge < -0.3 is 25.4 Å². The summed E-state index contributed by atoms with van der Waals surface area (Å²) in [4.78, 5) is 42.5. The molecule has 38 heavy (non-hydrogen) atoms. The van der Waals surface area contributed by atoms with E-state index in [4.69, 9.17) is 28.3 Å². The smallest absolute Gasteiger partial charge is 0.284 e. The first-order valence-electron chi connectivity index (χ1n) is 12.3. The van der Waals surface area contributed by atoms with Crippen molar-refractivity contribution in [2.45, 2.75) is 57.2 Å². The summed E-state index contributed by atoms with van der Waals surface area (Å²) in [5, 5.41) is 13.9. The summed E-state index contributed by atoms with van der Waals surface area (Å²) in [6.07, 6.45) is 4.20. The maximum atomic E-state index is 13.3. The minimum absolute atomic E-state index is 0.00499. The molecule has 2 aliphatic rings. The number of thiocarbonyl (C=S) groups is 1. The molecule has 3 N–H and O–H groups in total. The highest BCUT2D eigenvalue weighted by Crippen LogP contribution is 2.32. The van der Waals surface area contributed by atoms with Crippen LogP contribution >= 0.6 is 35.2 Å². The molecule has 3 aromatic rings. The number of fused-ring (bicyclic) bond motifs is 1. The minimum atomic E-state index is -0.493. The number of halogens is 1. The molecular formula is C24H27ClN8O3S2. The molecule has 1 aliphatic carbocycles. The predicted octanol–water partition coefficient (Wildman–Crippen LogP) is 2.86. The van der Waals surface area contributed by atoms with E-state index in [2.05, 4.69) is 48.0 Å². The highest BCUT2D eigenvalue weighted by atomic mass is 35.5. The lowest BCUT2D eigenvalue weighted by molar-refractivity contribution is -0.110. The SMILES string of the molecule is Cc1nc([C@H]2CC[C@H](NC(=S)C(=O)Nc3ccc(Cl)cn3)[C@H](NC(=O)c3nc4c(s3)CN(C)CC4)C2)no1. The normalized spacial score (nSPS) is 21.4. The Morgan fingerprint density at radius 3 is 2.79 bits per heavy atom. The van der Waals surface area contributed by atoms with Gasteiger partial charge in [-0.3, -0.25) is 9.59 Å². The van der Waals surface area contributed by atoms with E-state index in [0.29, 0.717) is 40.4 Å². The number of nitrogens with one attached hydrogen (secondary N) is 3. The van der Waals surface area contributed by atoms with Gasteiger partial charge in [-0.05, 0) is 38.4 Å². The zero-order valence-electron chi connectivity index (χ0n) is 20.9.